The topological polar surface area (TPSA) is 89.6 Å². The van der Waals surface area contributed by atoms with Gasteiger partial charge in [0.05, 0.1) is 6.10 Å². The van der Waals surface area contributed by atoms with Gasteiger partial charge in [-0.3, -0.25) is 4.79 Å². The van der Waals surface area contributed by atoms with E-state index >= 15 is 0 Å². The molecule has 2 atom stereocenters. The fourth-order valence-corrected chi connectivity index (χ4v) is 1.65. The van der Waals surface area contributed by atoms with Crippen molar-refractivity contribution in [1.29, 1.82) is 0 Å². The number of nitrogens with two attached hydrogens (primary N) is 1. The van der Waals surface area contributed by atoms with E-state index in [1.807, 2.05) is 0 Å². The Morgan fingerprint density at radius 3 is 2.10 bits per heavy atom. The normalized spacial score (nSPS) is 13.2. The molecule has 0 rings (SSSR count). The third-order valence-corrected chi connectivity index (χ3v) is 2.99. The van der Waals surface area contributed by atoms with Crippen molar-refractivity contribution in [1.82, 2.24) is 0 Å². The van der Waals surface area contributed by atoms with Crippen LogP contribution in [0.25, 0.3) is 0 Å². The van der Waals surface area contributed by atoms with E-state index in [-0.39, 0.29) is 36.0 Å². The fraction of sp³-hybridized carbons (Fsp3) is 0.857. The Bertz CT molecular complexity index is 272. The average Bonchev–Trinajstić information content (AvgIpc) is 2.36. The van der Waals surface area contributed by atoms with E-state index in [0.717, 1.165) is 19.3 Å². The van der Waals surface area contributed by atoms with Crippen molar-refractivity contribution in [3.8, 4) is 0 Å². The summed E-state index contributed by atoms with van der Waals surface area (Å²) in [6.45, 7) is 3.55. The van der Waals surface area contributed by atoms with Gasteiger partial charge in [-0.15, -0.1) is 0 Å². The summed E-state index contributed by atoms with van der Waals surface area (Å²) in [7, 11) is 0. The molecule has 20 heavy (non-hydrogen) atoms. The molecule has 0 fully saturated rings. The van der Waals surface area contributed by atoms with E-state index in [0.29, 0.717) is 0 Å². The number of carbonyl (C=O) groups excluding carboxylic acids is 2. The van der Waals surface area contributed by atoms with Crippen molar-refractivity contribution < 1.29 is 19.4 Å². The molecule has 0 aliphatic carbocycles. The molecule has 0 unspecified atom stereocenters. The molecule has 0 aromatic heterocycles. The van der Waals surface area contributed by atoms with E-state index in [1.54, 1.807) is 0 Å². The van der Waals surface area contributed by atoms with Gasteiger partial charge in [-0.1, -0.05) is 45.4 Å². The quantitative estimate of drug-likeness (QED) is 0.274. The molecule has 0 bridgehead atoms. The van der Waals surface area contributed by atoms with Gasteiger partial charge in [-0.2, -0.15) is 0 Å². The third kappa shape index (κ3) is 11.9. The second kappa shape index (κ2) is 14.0. The van der Waals surface area contributed by atoms with Crippen LogP contribution in [0.5, 0.6) is 0 Å². The van der Waals surface area contributed by atoms with Crippen LogP contribution in [-0.4, -0.2) is 58.7 Å². The van der Waals surface area contributed by atoms with Crippen LogP contribution >= 0.6 is 0 Å². The predicted octanol–water partition coefficient (Wildman–Crippen LogP) is 1.26. The van der Waals surface area contributed by atoms with Gasteiger partial charge in [0.15, 0.2) is 0 Å². The second-order valence-corrected chi connectivity index (χ2v) is 4.93. The minimum absolute atomic E-state index is 0. The van der Waals surface area contributed by atoms with Gasteiger partial charge in [-0.05, 0) is 13.3 Å². The van der Waals surface area contributed by atoms with Gasteiger partial charge in [0.1, 0.15) is 6.04 Å². The first kappa shape index (κ1) is 22.3. The third-order valence-electron chi connectivity index (χ3n) is 2.99. The average molecular weight is 297 g/mol. The van der Waals surface area contributed by atoms with Crippen molar-refractivity contribution in [2.75, 3.05) is 0 Å². The standard InChI is InChI=1S/C14H27NO4.Na.H/c1-3-4-5-6-7-8-9-10-12(17)19-14(18)13(15)11(2)16;;/h11,13,16H,3-10,15H2,1-2H3;;/t11-,13+;;/m1../s1. The Balaban J connectivity index is 0. The summed E-state index contributed by atoms with van der Waals surface area (Å²) in [6, 6.07) is -1.15. The zero-order chi connectivity index (χ0) is 14.7. The molecular weight excluding hydrogens is 269 g/mol. The molecule has 0 amide bonds. The molecule has 114 valence electrons. The molecule has 0 saturated heterocycles. The second-order valence-electron chi connectivity index (χ2n) is 4.93. The number of unbranched alkanes of at least 4 members (excludes halogenated alkanes) is 6. The fourth-order valence-electron chi connectivity index (χ4n) is 1.65. The first-order valence-electron chi connectivity index (χ1n) is 7.17. The van der Waals surface area contributed by atoms with Gasteiger partial charge < -0.3 is 15.6 Å². The van der Waals surface area contributed by atoms with Crippen LogP contribution in [0.4, 0.5) is 0 Å². The summed E-state index contributed by atoms with van der Waals surface area (Å²) in [5, 5.41) is 9.08. The van der Waals surface area contributed by atoms with Crippen LogP contribution in [0.2, 0.25) is 0 Å². The SMILES string of the molecule is CCCCCCCCCC(=O)OC(=O)[C@@H](N)[C@@H](C)O.[NaH]. The summed E-state index contributed by atoms with van der Waals surface area (Å²) in [4.78, 5) is 22.6. The summed E-state index contributed by atoms with van der Waals surface area (Å²) in [5.74, 6) is -1.42. The van der Waals surface area contributed by atoms with Gasteiger partial charge >= 0.3 is 41.5 Å². The molecule has 0 heterocycles. The van der Waals surface area contributed by atoms with E-state index in [4.69, 9.17) is 10.8 Å². The summed E-state index contributed by atoms with van der Waals surface area (Å²) in [6.07, 6.45) is 6.92. The number of esters is 2. The molecule has 5 nitrogen and oxygen atoms in total. The number of hydrogen-bond donors (Lipinski definition) is 2. The van der Waals surface area contributed by atoms with E-state index < -0.39 is 24.1 Å². The number of aliphatic hydroxyl groups is 1. The number of rotatable bonds is 10. The Morgan fingerprint density at radius 1 is 1.10 bits per heavy atom. The van der Waals surface area contributed by atoms with Crippen molar-refractivity contribution in [2.45, 2.75) is 77.4 Å². The summed E-state index contributed by atoms with van der Waals surface area (Å²) < 4.78 is 4.56. The number of aliphatic hydroxyl groups excluding tert-OH is 1. The van der Waals surface area contributed by atoms with Gasteiger partial charge in [-0.25, -0.2) is 4.79 Å². The molecular formula is C14H28NNaO4. The minimum atomic E-state index is -1.15. The molecule has 0 aliphatic rings. The molecule has 0 aliphatic heterocycles. The monoisotopic (exact) mass is 297 g/mol. The van der Waals surface area contributed by atoms with Gasteiger partial charge in [0, 0.05) is 6.42 Å². The maximum absolute atomic E-state index is 11.3. The first-order valence-corrected chi connectivity index (χ1v) is 7.17. The number of ether oxygens (including phenoxy) is 1. The summed E-state index contributed by atoms with van der Waals surface area (Å²) >= 11 is 0. The Labute approximate surface area is 143 Å². The van der Waals surface area contributed by atoms with Crippen LogP contribution in [0.15, 0.2) is 0 Å². The van der Waals surface area contributed by atoms with Gasteiger partial charge in [0.25, 0.3) is 0 Å². The Morgan fingerprint density at radius 2 is 1.60 bits per heavy atom. The number of hydrogen-bond acceptors (Lipinski definition) is 5. The first-order chi connectivity index (χ1) is 8.99. The van der Waals surface area contributed by atoms with Crippen LogP contribution in [0.3, 0.4) is 0 Å². The van der Waals surface area contributed by atoms with E-state index in [1.165, 1.54) is 32.6 Å². The Hall–Kier alpha value is 0.0600. The molecule has 0 radical (unpaired) electrons. The number of carbonyl (C=O) groups is 2. The van der Waals surface area contributed by atoms with Crippen LogP contribution in [0.1, 0.15) is 65.2 Å². The molecule has 0 aromatic carbocycles. The van der Waals surface area contributed by atoms with Crippen molar-refractivity contribution in [3.05, 3.63) is 0 Å². The van der Waals surface area contributed by atoms with E-state index in [9.17, 15) is 9.59 Å². The molecule has 6 heteroatoms. The van der Waals surface area contributed by atoms with Crippen molar-refractivity contribution >= 4 is 41.5 Å². The molecule has 0 spiro atoms. The van der Waals surface area contributed by atoms with Crippen LogP contribution in [-0.2, 0) is 14.3 Å². The predicted molar refractivity (Wildman–Crippen MR) is 80.5 cm³/mol. The van der Waals surface area contributed by atoms with Gasteiger partial charge in [0.2, 0.25) is 0 Å². The summed E-state index contributed by atoms with van der Waals surface area (Å²) in [5.41, 5.74) is 5.35. The molecule has 0 aromatic rings. The maximum atomic E-state index is 11.3. The Kier molecular flexibility index (Phi) is 15.7. The molecule has 0 saturated carbocycles. The van der Waals surface area contributed by atoms with Crippen molar-refractivity contribution in [3.63, 3.8) is 0 Å². The van der Waals surface area contributed by atoms with Crippen molar-refractivity contribution in [2.24, 2.45) is 5.73 Å². The van der Waals surface area contributed by atoms with E-state index in [2.05, 4.69) is 11.7 Å². The van der Waals surface area contributed by atoms with Crippen LogP contribution in [0, 0.1) is 0 Å². The zero-order valence-electron chi connectivity index (χ0n) is 12.1. The molecule has 3 N–H and O–H groups in total. The zero-order valence-corrected chi connectivity index (χ0v) is 12.1. The van der Waals surface area contributed by atoms with Crippen LogP contribution < -0.4 is 5.73 Å².